The van der Waals surface area contributed by atoms with E-state index < -0.39 is 40.1 Å². The van der Waals surface area contributed by atoms with Gasteiger partial charge in [0.05, 0.1) is 11.7 Å². The van der Waals surface area contributed by atoms with Gasteiger partial charge in [0.25, 0.3) is 0 Å². The third-order valence-corrected chi connectivity index (χ3v) is 8.68. The zero-order valence-corrected chi connectivity index (χ0v) is 16.4. The summed E-state index contributed by atoms with van der Waals surface area (Å²) in [5, 5.41) is 31.5. The third-order valence-electron chi connectivity index (χ3n) is 8.68. The quantitative estimate of drug-likeness (QED) is 0.686. The number of alkyl halides is 1. The SMILES string of the molecule is C[C@]12CCC(=O)C=C1C=C[C@H]1[C@@H]3CC[C@@](O)(CCC(=O)O)[C@@]3(C)C[C@H](O)[C@@]12F. The highest BCUT2D eigenvalue weighted by atomic mass is 19.1. The van der Waals surface area contributed by atoms with Crippen molar-refractivity contribution in [2.24, 2.45) is 22.7 Å². The Hall–Kier alpha value is -1.53. The highest BCUT2D eigenvalue weighted by Gasteiger charge is 2.72. The van der Waals surface area contributed by atoms with Crippen LogP contribution in [0, 0.1) is 22.7 Å². The Balaban J connectivity index is 1.77. The van der Waals surface area contributed by atoms with Crippen molar-refractivity contribution in [3.05, 3.63) is 23.8 Å². The van der Waals surface area contributed by atoms with E-state index in [9.17, 15) is 19.8 Å². The summed E-state index contributed by atoms with van der Waals surface area (Å²) in [6.45, 7) is 3.68. The van der Waals surface area contributed by atoms with Gasteiger partial charge in [-0.05, 0) is 49.7 Å². The van der Waals surface area contributed by atoms with Crippen molar-refractivity contribution in [3.8, 4) is 0 Å². The lowest BCUT2D eigenvalue weighted by molar-refractivity contribution is -0.211. The number of carboxylic acid groups (broad SMARTS) is 1. The van der Waals surface area contributed by atoms with Crippen molar-refractivity contribution in [3.63, 3.8) is 0 Å². The van der Waals surface area contributed by atoms with Gasteiger partial charge in [0.15, 0.2) is 11.5 Å². The summed E-state index contributed by atoms with van der Waals surface area (Å²) in [5.74, 6) is -1.75. The molecule has 4 aliphatic rings. The lowest BCUT2D eigenvalue weighted by Gasteiger charge is -2.62. The molecule has 4 aliphatic carbocycles. The maximum Gasteiger partial charge on any atom is 0.303 e. The minimum atomic E-state index is -1.91. The Morgan fingerprint density at radius 1 is 1.32 bits per heavy atom. The van der Waals surface area contributed by atoms with Crippen LogP contribution in [0.2, 0.25) is 0 Å². The molecule has 2 fully saturated rings. The molecule has 5 nitrogen and oxygen atoms in total. The van der Waals surface area contributed by atoms with E-state index in [0.29, 0.717) is 24.8 Å². The number of fused-ring (bicyclic) bond motifs is 5. The van der Waals surface area contributed by atoms with Crippen LogP contribution in [0.3, 0.4) is 0 Å². The van der Waals surface area contributed by atoms with Crippen LogP contribution in [-0.2, 0) is 9.59 Å². The monoisotopic (exact) mass is 392 g/mol. The molecule has 6 heteroatoms. The molecule has 0 heterocycles. The van der Waals surface area contributed by atoms with Crippen LogP contribution >= 0.6 is 0 Å². The Morgan fingerprint density at radius 3 is 2.71 bits per heavy atom. The molecule has 0 radical (unpaired) electrons. The Labute approximate surface area is 164 Å². The highest BCUT2D eigenvalue weighted by Crippen LogP contribution is 2.69. The molecule has 0 unspecified atom stereocenters. The zero-order valence-electron chi connectivity index (χ0n) is 16.4. The molecular formula is C22H29FO5. The lowest BCUT2D eigenvalue weighted by atomic mass is 9.45. The predicted octanol–water partition coefficient (Wildman–Crippen LogP) is 2.95. The number of rotatable bonds is 3. The molecule has 0 spiro atoms. The molecule has 0 amide bonds. The molecule has 0 aromatic rings. The summed E-state index contributed by atoms with van der Waals surface area (Å²) in [6.07, 6.45) is 5.49. The first-order chi connectivity index (χ1) is 13.0. The van der Waals surface area contributed by atoms with Gasteiger partial charge in [0.1, 0.15) is 0 Å². The molecule has 0 aromatic heterocycles. The number of hydrogen-bond acceptors (Lipinski definition) is 4. The van der Waals surface area contributed by atoms with E-state index in [-0.39, 0.29) is 37.4 Å². The van der Waals surface area contributed by atoms with Gasteiger partial charge in [-0.1, -0.05) is 26.0 Å². The van der Waals surface area contributed by atoms with E-state index in [0.717, 1.165) is 0 Å². The molecule has 0 bridgehead atoms. The topological polar surface area (TPSA) is 94.8 Å². The smallest absolute Gasteiger partial charge is 0.303 e. The summed E-state index contributed by atoms with van der Waals surface area (Å²) < 4.78 is 16.8. The lowest BCUT2D eigenvalue weighted by Crippen LogP contribution is -2.67. The number of halogens is 1. The summed E-state index contributed by atoms with van der Waals surface area (Å²) in [7, 11) is 0. The van der Waals surface area contributed by atoms with Crippen LogP contribution in [0.1, 0.15) is 58.8 Å². The number of aliphatic carboxylic acids is 1. The minimum Gasteiger partial charge on any atom is -0.481 e. The molecule has 28 heavy (non-hydrogen) atoms. The number of aliphatic hydroxyl groups excluding tert-OH is 1. The number of ketones is 1. The zero-order chi connectivity index (χ0) is 20.5. The van der Waals surface area contributed by atoms with Crippen molar-refractivity contribution in [2.75, 3.05) is 0 Å². The van der Waals surface area contributed by atoms with Crippen LogP contribution in [0.4, 0.5) is 4.39 Å². The highest BCUT2D eigenvalue weighted by molar-refractivity contribution is 5.92. The Kier molecular flexibility index (Phi) is 4.23. The standard InChI is InChI=1S/C22H29FO5/c1-19-8-5-14(24)11-13(19)3-4-16-15-6-9-21(28,10-7-18(26)27)20(15,2)12-17(25)22(16,19)23/h3-4,11,15-17,25,28H,5-10,12H2,1-2H3,(H,26,27)/t15-,16-,17-,19-,20-,21+,22-/m0/s1. The summed E-state index contributed by atoms with van der Waals surface area (Å²) in [4.78, 5) is 22.9. The second kappa shape index (κ2) is 5.99. The van der Waals surface area contributed by atoms with Gasteiger partial charge in [-0.3, -0.25) is 9.59 Å². The normalized spacial score (nSPS) is 49.8. The van der Waals surface area contributed by atoms with Gasteiger partial charge in [0, 0.05) is 29.6 Å². The third kappa shape index (κ3) is 2.31. The fourth-order valence-electron chi connectivity index (χ4n) is 6.83. The summed E-state index contributed by atoms with van der Waals surface area (Å²) in [5.41, 5.74) is -4.19. The van der Waals surface area contributed by atoms with Crippen molar-refractivity contribution >= 4 is 11.8 Å². The summed E-state index contributed by atoms with van der Waals surface area (Å²) >= 11 is 0. The second-order valence-corrected chi connectivity index (χ2v) is 9.76. The van der Waals surface area contributed by atoms with Crippen LogP contribution < -0.4 is 0 Å². The first kappa shape index (κ1) is 19.8. The first-order valence-electron chi connectivity index (χ1n) is 10.2. The van der Waals surface area contributed by atoms with Crippen LogP contribution in [0.5, 0.6) is 0 Å². The van der Waals surface area contributed by atoms with E-state index in [2.05, 4.69) is 0 Å². The summed E-state index contributed by atoms with van der Waals surface area (Å²) in [6, 6.07) is 0. The van der Waals surface area contributed by atoms with Gasteiger partial charge in [0.2, 0.25) is 0 Å². The van der Waals surface area contributed by atoms with E-state index in [1.54, 1.807) is 13.0 Å². The Bertz CT molecular complexity index is 790. The van der Waals surface area contributed by atoms with Crippen molar-refractivity contribution in [1.82, 2.24) is 0 Å². The van der Waals surface area contributed by atoms with Gasteiger partial charge in [-0.2, -0.15) is 0 Å². The predicted molar refractivity (Wildman–Crippen MR) is 100 cm³/mol. The van der Waals surface area contributed by atoms with Crippen LogP contribution in [0.25, 0.3) is 0 Å². The number of allylic oxidation sites excluding steroid dienone is 4. The molecule has 7 atom stereocenters. The number of carbonyl (C=O) groups is 2. The molecule has 0 aliphatic heterocycles. The van der Waals surface area contributed by atoms with E-state index >= 15 is 4.39 Å². The Morgan fingerprint density at radius 2 is 2.04 bits per heavy atom. The molecule has 0 aromatic carbocycles. The van der Waals surface area contributed by atoms with Crippen molar-refractivity contribution in [1.29, 1.82) is 0 Å². The largest absolute Gasteiger partial charge is 0.481 e. The fraction of sp³-hybridized carbons (Fsp3) is 0.727. The average molecular weight is 392 g/mol. The van der Waals surface area contributed by atoms with Crippen molar-refractivity contribution < 1.29 is 29.3 Å². The van der Waals surface area contributed by atoms with Gasteiger partial charge in [-0.15, -0.1) is 0 Å². The average Bonchev–Trinajstić information content (AvgIpc) is 2.87. The van der Waals surface area contributed by atoms with Crippen molar-refractivity contribution in [2.45, 2.75) is 76.2 Å². The minimum absolute atomic E-state index is 0.0155. The van der Waals surface area contributed by atoms with Gasteiger partial charge >= 0.3 is 5.97 Å². The molecular weight excluding hydrogens is 363 g/mol. The second-order valence-electron chi connectivity index (χ2n) is 9.76. The maximum atomic E-state index is 16.8. The molecule has 0 saturated heterocycles. The van der Waals surface area contributed by atoms with Crippen LogP contribution in [0.15, 0.2) is 23.8 Å². The molecule has 154 valence electrons. The molecule has 2 saturated carbocycles. The maximum absolute atomic E-state index is 16.8. The number of carboxylic acids is 1. The van der Waals surface area contributed by atoms with E-state index in [1.807, 2.05) is 13.0 Å². The van der Waals surface area contributed by atoms with E-state index in [1.165, 1.54) is 6.08 Å². The van der Waals surface area contributed by atoms with Gasteiger partial charge in [-0.25, -0.2) is 4.39 Å². The first-order valence-corrected chi connectivity index (χ1v) is 10.2. The molecule has 3 N–H and O–H groups in total. The number of hydrogen-bond donors (Lipinski definition) is 3. The number of carbonyl (C=O) groups excluding carboxylic acids is 1. The number of aliphatic hydroxyl groups is 2. The van der Waals surface area contributed by atoms with Crippen LogP contribution in [-0.4, -0.2) is 44.4 Å². The van der Waals surface area contributed by atoms with E-state index in [4.69, 9.17) is 5.11 Å². The van der Waals surface area contributed by atoms with Gasteiger partial charge < -0.3 is 15.3 Å². The fourth-order valence-corrected chi connectivity index (χ4v) is 6.83. The molecule has 4 rings (SSSR count).